The van der Waals surface area contributed by atoms with Crippen molar-refractivity contribution in [3.63, 3.8) is 0 Å². The first-order valence-electron chi connectivity index (χ1n) is 9.45. The van der Waals surface area contributed by atoms with Gasteiger partial charge in [-0.25, -0.2) is 4.79 Å². The summed E-state index contributed by atoms with van der Waals surface area (Å²) < 4.78 is 21.3. The number of allylic oxidation sites excluding steroid dienone is 1. The number of carbonyl (C=O) groups is 2. The van der Waals surface area contributed by atoms with Crippen LogP contribution in [0, 0.1) is 0 Å². The number of carbonyl (C=O) groups excluding carboxylic acids is 2. The summed E-state index contributed by atoms with van der Waals surface area (Å²) in [4.78, 5) is 24.8. The summed E-state index contributed by atoms with van der Waals surface area (Å²) in [6.45, 7) is 0. The third-order valence-corrected chi connectivity index (χ3v) is 4.50. The molecular formula is C25H22O6. The number of methoxy groups -OCH3 is 3. The van der Waals surface area contributed by atoms with Crippen LogP contribution in [-0.2, 0) is 0 Å². The largest absolute Gasteiger partial charge is 0.493 e. The van der Waals surface area contributed by atoms with Crippen molar-refractivity contribution in [2.45, 2.75) is 0 Å². The molecule has 31 heavy (non-hydrogen) atoms. The van der Waals surface area contributed by atoms with Gasteiger partial charge in [0.25, 0.3) is 0 Å². The Labute approximate surface area is 180 Å². The second-order valence-electron chi connectivity index (χ2n) is 6.43. The summed E-state index contributed by atoms with van der Waals surface area (Å²) in [5, 5.41) is 0. The van der Waals surface area contributed by atoms with Gasteiger partial charge in [-0.1, -0.05) is 42.5 Å². The molecule has 158 valence electrons. The zero-order chi connectivity index (χ0) is 22.2. The lowest BCUT2D eigenvalue weighted by Gasteiger charge is -2.12. The predicted molar refractivity (Wildman–Crippen MR) is 117 cm³/mol. The Morgan fingerprint density at radius 1 is 0.677 bits per heavy atom. The SMILES string of the molecule is COc1ccc(C(=O)Oc2ccc(/C=C/C(=O)c3ccccc3)cc2OC)cc1OC. The molecule has 0 aliphatic carbocycles. The van der Waals surface area contributed by atoms with Crippen molar-refractivity contribution in [2.24, 2.45) is 0 Å². The molecule has 3 aromatic carbocycles. The smallest absolute Gasteiger partial charge is 0.343 e. The maximum Gasteiger partial charge on any atom is 0.343 e. The Morgan fingerprint density at radius 3 is 2.00 bits per heavy atom. The molecule has 0 atom stereocenters. The zero-order valence-electron chi connectivity index (χ0n) is 17.5. The van der Waals surface area contributed by atoms with E-state index in [0.29, 0.717) is 28.4 Å². The fourth-order valence-electron chi connectivity index (χ4n) is 2.86. The third-order valence-electron chi connectivity index (χ3n) is 4.50. The molecule has 3 rings (SSSR count). The Hall–Kier alpha value is -4.06. The van der Waals surface area contributed by atoms with E-state index in [-0.39, 0.29) is 11.5 Å². The molecule has 0 fully saturated rings. The molecule has 0 unspecified atom stereocenters. The molecule has 0 aliphatic rings. The number of rotatable bonds is 8. The van der Waals surface area contributed by atoms with Gasteiger partial charge in [-0.2, -0.15) is 0 Å². The highest BCUT2D eigenvalue weighted by atomic mass is 16.6. The Kier molecular flexibility index (Phi) is 7.06. The highest BCUT2D eigenvalue weighted by Gasteiger charge is 2.15. The zero-order valence-corrected chi connectivity index (χ0v) is 17.5. The van der Waals surface area contributed by atoms with Crippen LogP contribution in [-0.4, -0.2) is 33.1 Å². The number of benzene rings is 3. The fourth-order valence-corrected chi connectivity index (χ4v) is 2.86. The first kappa shape index (κ1) is 21.6. The summed E-state index contributed by atoms with van der Waals surface area (Å²) in [5.74, 6) is 0.882. The molecule has 0 heterocycles. The molecule has 0 saturated heterocycles. The molecule has 0 N–H and O–H groups in total. The average Bonchev–Trinajstić information content (AvgIpc) is 2.83. The van der Waals surface area contributed by atoms with Gasteiger partial charge in [-0.3, -0.25) is 4.79 Å². The molecule has 3 aromatic rings. The highest BCUT2D eigenvalue weighted by Crippen LogP contribution is 2.31. The number of hydrogen-bond donors (Lipinski definition) is 0. The van der Waals surface area contributed by atoms with Crippen molar-refractivity contribution in [3.8, 4) is 23.0 Å². The van der Waals surface area contributed by atoms with Crippen LogP contribution in [0.5, 0.6) is 23.0 Å². The molecule has 0 saturated carbocycles. The minimum Gasteiger partial charge on any atom is -0.493 e. The van der Waals surface area contributed by atoms with Crippen molar-refractivity contribution in [2.75, 3.05) is 21.3 Å². The van der Waals surface area contributed by atoms with Crippen LogP contribution in [0.4, 0.5) is 0 Å². The first-order valence-corrected chi connectivity index (χ1v) is 9.45. The molecule has 0 bridgehead atoms. The van der Waals surface area contributed by atoms with Crippen LogP contribution in [0.15, 0.2) is 72.8 Å². The van der Waals surface area contributed by atoms with Gasteiger partial charge >= 0.3 is 5.97 Å². The number of ether oxygens (including phenoxy) is 4. The van der Waals surface area contributed by atoms with Crippen molar-refractivity contribution < 1.29 is 28.5 Å². The van der Waals surface area contributed by atoms with E-state index in [9.17, 15) is 9.59 Å². The minimum absolute atomic E-state index is 0.108. The monoisotopic (exact) mass is 418 g/mol. The number of ketones is 1. The predicted octanol–water partition coefficient (Wildman–Crippen LogP) is 4.83. The van der Waals surface area contributed by atoms with Gasteiger partial charge in [-0.15, -0.1) is 0 Å². The maximum atomic E-state index is 12.6. The summed E-state index contributed by atoms with van der Waals surface area (Å²) >= 11 is 0. The van der Waals surface area contributed by atoms with Crippen LogP contribution < -0.4 is 18.9 Å². The number of esters is 1. The Balaban J connectivity index is 1.76. The lowest BCUT2D eigenvalue weighted by Crippen LogP contribution is -2.09. The summed E-state index contributed by atoms with van der Waals surface area (Å²) in [6, 6.07) is 18.8. The lowest BCUT2D eigenvalue weighted by molar-refractivity contribution is 0.0729. The van der Waals surface area contributed by atoms with E-state index in [2.05, 4.69) is 0 Å². The van der Waals surface area contributed by atoms with Gasteiger partial charge in [0.15, 0.2) is 28.8 Å². The fraction of sp³-hybridized carbons (Fsp3) is 0.120. The molecule has 6 heteroatoms. The molecule has 0 spiro atoms. The van der Waals surface area contributed by atoms with Crippen LogP contribution in [0.3, 0.4) is 0 Å². The third kappa shape index (κ3) is 5.30. The van der Waals surface area contributed by atoms with E-state index in [4.69, 9.17) is 18.9 Å². The van der Waals surface area contributed by atoms with Gasteiger partial charge in [0.2, 0.25) is 0 Å². The normalized spacial score (nSPS) is 10.5. The second-order valence-corrected chi connectivity index (χ2v) is 6.43. The summed E-state index contributed by atoms with van der Waals surface area (Å²) in [7, 11) is 4.49. The molecule has 0 radical (unpaired) electrons. The highest BCUT2D eigenvalue weighted by molar-refractivity contribution is 6.06. The quantitative estimate of drug-likeness (QED) is 0.226. The summed E-state index contributed by atoms with van der Waals surface area (Å²) in [5.41, 5.74) is 1.63. The summed E-state index contributed by atoms with van der Waals surface area (Å²) in [6.07, 6.45) is 3.16. The van der Waals surface area contributed by atoms with E-state index in [1.165, 1.54) is 27.4 Å². The standard InChI is InChI=1S/C25H22O6/c1-28-21-14-11-19(16-24(21)30-3)25(27)31-22-13-10-17(15-23(22)29-2)9-12-20(26)18-7-5-4-6-8-18/h4-16H,1-3H3/b12-9+. The van der Waals surface area contributed by atoms with Crippen molar-refractivity contribution in [1.82, 2.24) is 0 Å². The lowest BCUT2D eigenvalue weighted by atomic mass is 10.1. The Bertz CT molecular complexity index is 1100. The van der Waals surface area contributed by atoms with E-state index in [0.717, 1.165) is 5.56 Å². The number of hydrogen-bond acceptors (Lipinski definition) is 6. The van der Waals surface area contributed by atoms with Gasteiger partial charge in [-0.05, 0) is 42.0 Å². The van der Waals surface area contributed by atoms with Crippen LogP contribution in [0.2, 0.25) is 0 Å². The van der Waals surface area contributed by atoms with Gasteiger partial charge < -0.3 is 18.9 Å². The van der Waals surface area contributed by atoms with Gasteiger partial charge in [0.05, 0.1) is 26.9 Å². The minimum atomic E-state index is -0.568. The molecular weight excluding hydrogens is 396 g/mol. The second kappa shape index (κ2) is 10.1. The topological polar surface area (TPSA) is 71.1 Å². The van der Waals surface area contributed by atoms with Gasteiger partial charge in [0.1, 0.15) is 0 Å². The van der Waals surface area contributed by atoms with E-state index in [1.54, 1.807) is 54.6 Å². The Morgan fingerprint density at radius 2 is 1.32 bits per heavy atom. The molecule has 6 nitrogen and oxygen atoms in total. The molecule has 0 aromatic heterocycles. The van der Waals surface area contributed by atoms with E-state index in [1.807, 2.05) is 18.2 Å². The van der Waals surface area contributed by atoms with E-state index < -0.39 is 5.97 Å². The average molecular weight is 418 g/mol. The van der Waals surface area contributed by atoms with Crippen molar-refractivity contribution in [1.29, 1.82) is 0 Å². The maximum absolute atomic E-state index is 12.6. The van der Waals surface area contributed by atoms with Crippen LogP contribution in [0.25, 0.3) is 6.08 Å². The van der Waals surface area contributed by atoms with Crippen LogP contribution >= 0.6 is 0 Å². The van der Waals surface area contributed by atoms with Crippen molar-refractivity contribution >= 4 is 17.8 Å². The van der Waals surface area contributed by atoms with Crippen molar-refractivity contribution in [3.05, 3.63) is 89.5 Å². The first-order chi connectivity index (χ1) is 15.0. The van der Waals surface area contributed by atoms with E-state index >= 15 is 0 Å². The molecule has 0 amide bonds. The van der Waals surface area contributed by atoms with Gasteiger partial charge in [0, 0.05) is 5.56 Å². The van der Waals surface area contributed by atoms with Crippen LogP contribution in [0.1, 0.15) is 26.3 Å². The molecule has 0 aliphatic heterocycles.